The van der Waals surface area contributed by atoms with E-state index < -0.39 is 17.6 Å². The average Bonchev–Trinajstić information content (AvgIpc) is 2.93. The zero-order valence-corrected chi connectivity index (χ0v) is 21.5. The number of ether oxygens (including phenoxy) is 2. The Morgan fingerprint density at radius 3 is 2.34 bits per heavy atom. The van der Waals surface area contributed by atoms with Crippen molar-refractivity contribution in [3.8, 4) is 11.5 Å². The molecule has 0 spiro atoms. The summed E-state index contributed by atoms with van der Waals surface area (Å²) in [5, 5.41) is 6.06. The molecule has 2 unspecified atom stereocenters. The summed E-state index contributed by atoms with van der Waals surface area (Å²) in [4.78, 5) is 27.5. The Morgan fingerprint density at radius 1 is 0.921 bits per heavy atom. The molecule has 2 N–H and O–H groups in total. The summed E-state index contributed by atoms with van der Waals surface area (Å²) in [5.74, 6) is -0.658. The zero-order valence-electron chi connectivity index (χ0n) is 21.5. The van der Waals surface area contributed by atoms with E-state index in [0.717, 1.165) is 11.3 Å². The summed E-state index contributed by atoms with van der Waals surface area (Å²) in [6.07, 6.45) is 0.962. The van der Waals surface area contributed by atoms with Crippen LogP contribution in [0.25, 0.3) is 0 Å². The number of nitrogens with one attached hydrogen (secondary N) is 2. The van der Waals surface area contributed by atoms with Crippen LogP contribution in [0.2, 0.25) is 0 Å². The molecule has 6 nitrogen and oxygen atoms in total. The van der Waals surface area contributed by atoms with Crippen LogP contribution in [0.15, 0.2) is 95.3 Å². The average molecular weight is 513 g/mol. The maximum Gasteiger partial charge on any atom is 0.254 e. The molecule has 0 saturated carbocycles. The second kappa shape index (κ2) is 10.5. The van der Waals surface area contributed by atoms with Crippen LogP contribution in [-0.2, 0) is 9.59 Å². The van der Waals surface area contributed by atoms with Gasteiger partial charge in [0.25, 0.3) is 5.91 Å². The van der Waals surface area contributed by atoms with Gasteiger partial charge in [-0.3, -0.25) is 9.59 Å². The first kappa shape index (κ1) is 25.3. The van der Waals surface area contributed by atoms with E-state index in [4.69, 9.17) is 9.47 Å². The van der Waals surface area contributed by atoms with Crippen LogP contribution < -0.4 is 20.1 Å². The maximum atomic E-state index is 14.4. The first-order valence-electron chi connectivity index (χ1n) is 12.5. The molecule has 3 aromatic carbocycles. The van der Waals surface area contributed by atoms with Crippen molar-refractivity contribution in [1.82, 2.24) is 5.32 Å². The van der Waals surface area contributed by atoms with Crippen molar-refractivity contribution in [2.24, 2.45) is 0 Å². The maximum absolute atomic E-state index is 14.4. The van der Waals surface area contributed by atoms with E-state index >= 15 is 0 Å². The van der Waals surface area contributed by atoms with Crippen molar-refractivity contribution in [1.29, 1.82) is 0 Å². The van der Waals surface area contributed by atoms with Gasteiger partial charge in [-0.05, 0) is 54.7 Å². The monoisotopic (exact) mass is 512 g/mol. The van der Waals surface area contributed by atoms with Crippen molar-refractivity contribution in [2.75, 3.05) is 19.5 Å². The molecule has 194 valence electrons. The minimum atomic E-state index is -0.665. The van der Waals surface area contributed by atoms with Crippen molar-refractivity contribution < 1.29 is 23.5 Å². The molecule has 0 saturated heterocycles. The smallest absolute Gasteiger partial charge is 0.254 e. The quantitative estimate of drug-likeness (QED) is 0.434. The predicted octanol–water partition coefficient (Wildman–Crippen LogP) is 5.84. The molecule has 1 aliphatic heterocycles. The number of rotatable bonds is 6. The number of methoxy groups -OCH3 is 2. The Labute approximate surface area is 221 Å². The van der Waals surface area contributed by atoms with E-state index in [-0.39, 0.29) is 17.4 Å². The molecule has 1 heterocycles. The number of carbonyl (C=O) groups is 2. The van der Waals surface area contributed by atoms with Crippen molar-refractivity contribution in [2.45, 2.75) is 31.6 Å². The van der Waals surface area contributed by atoms with Crippen LogP contribution in [0.5, 0.6) is 11.5 Å². The van der Waals surface area contributed by atoms with Crippen LogP contribution in [-0.4, -0.2) is 25.9 Å². The summed E-state index contributed by atoms with van der Waals surface area (Å²) >= 11 is 0. The molecular weight excluding hydrogens is 483 g/mol. The largest absolute Gasteiger partial charge is 0.493 e. The van der Waals surface area contributed by atoms with E-state index in [1.54, 1.807) is 31.4 Å². The van der Waals surface area contributed by atoms with E-state index in [9.17, 15) is 14.0 Å². The number of Topliss-reactive ketones (excluding diaryl/α,β-unsaturated/α-hetero) is 1. The van der Waals surface area contributed by atoms with Crippen LogP contribution >= 0.6 is 0 Å². The fourth-order valence-electron chi connectivity index (χ4n) is 5.42. The molecule has 2 aliphatic rings. The number of hydrogen-bond donors (Lipinski definition) is 2. The number of anilines is 1. The highest BCUT2D eigenvalue weighted by atomic mass is 19.1. The Bertz CT molecular complexity index is 1460. The molecular formula is C31H29FN2O4. The third-order valence-corrected chi connectivity index (χ3v) is 7.21. The Balaban J connectivity index is 1.61. The fourth-order valence-corrected chi connectivity index (χ4v) is 5.42. The number of amides is 1. The van der Waals surface area contributed by atoms with Gasteiger partial charge in [0.15, 0.2) is 17.3 Å². The van der Waals surface area contributed by atoms with Gasteiger partial charge in [0.05, 0.1) is 19.9 Å². The molecule has 0 bridgehead atoms. The van der Waals surface area contributed by atoms with Gasteiger partial charge in [0.2, 0.25) is 0 Å². The van der Waals surface area contributed by atoms with Crippen molar-refractivity contribution in [3.63, 3.8) is 0 Å². The van der Waals surface area contributed by atoms with Crippen LogP contribution in [0.3, 0.4) is 0 Å². The van der Waals surface area contributed by atoms with Crippen molar-refractivity contribution >= 4 is 17.4 Å². The lowest BCUT2D eigenvalue weighted by molar-refractivity contribution is -0.116. The number of carbonyl (C=O) groups excluding carboxylic acids is 2. The molecule has 2 atom stereocenters. The highest BCUT2D eigenvalue weighted by Crippen LogP contribution is 2.47. The summed E-state index contributed by atoms with van der Waals surface area (Å²) in [6.45, 7) is 1.81. The van der Waals surface area contributed by atoms with Crippen LogP contribution in [0.4, 0.5) is 10.1 Å². The van der Waals surface area contributed by atoms with Gasteiger partial charge >= 0.3 is 0 Å². The van der Waals surface area contributed by atoms with Gasteiger partial charge in [0, 0.05) is 34.9 Å². The fraction of sp³-hybridized carbons (Fsp3) is 0.226. The SMILES string of the molecule is COc1ccc(C2C(C(=O)Nc3ccccc3F)=C(C)NC3=C2C(=O)CC(c2ccccc2)C3)cc1OC. The number of allylic oxidation sites excluding steroid dienone is 3. The second-order valence-electron chi connectivity index (χ2n) is 9.48. The zero-order chi connectivity index (χ0) is 26.8. The van der Waals surface area contributed by atoms with Gasteiger partial charge in [-0.2, -0.15) is 0 Å². The van der Waals surface area contributed by atoms with E-state index in [2.05, 4.69) is 10.6 Å². The lowest BCUT2D eigenvalue weighted by Crippen LogP contribution is -2.37. The number of para-hydroxylation sites is 1. The number of benzene rings is 3. The molecule has 1 aliphatic carbocycles. The molecule has 0 fully saturated rings. The Morgan fingerprint density at radius 2 is 1.63 bits per heavy atom. The Hall–Kier alpha value is -4.39. The lowest BCUT2D eigenvalue weighted by atomic mass is 9.71. The normalized spacial score (nSPS) is 19.0. The first-order chi connectivity index (χ1) is 18.4. The number of ketones is 1. The van der Waals surface area contributed by atoms with Gasteiger partial charge in [-0.15, -0.1) is 0 Å². The number of halogens is 1. The highest BCUT2D eigenvalue weighted by Gasteiger charge is 2.41. The Kier molecular flexibility index (Phi) is 7.01. The summed E-state index contributed by atoms with van der Waals surface area (Å²) < 4.78 is 25.4. The molecule has 0 radical (unpaired) electrons. The van der Waals surface area contributed by atoms with Crippen LogP contribution in [0, 0.1) is 5.82 Å². The third-order valence-electron chi connectivity index (χ3n) is 7.21. The third kappa shape index (κ3) is 4.67. The lowest BCUT2D eigenvalue weighted by Gasteiger charge is -2.37. The predicted molar refractivity (Wildman–Crippen MR) is 144 cm³/mol. The molecule has 7 heteroatoms. The standard InChI is InChI=1S/C31H29FN2O4/c1-18-28(31(36)34-23-12-8-7-11-22(23)32)29(20-13-14-26(37-2)27(17-20)38-3)30-24(33-18)15-21(16-25(30)35)19-9-5-4-6-10-19/h4-14,17,21,29,33H,15-16H2,1-3H3,(H,34,36). The summed E-state index contributed by atoms with van der Waals surface area (Å²) in [7, 11) is 3.09. The number of dihydropyridines is 1. The second-order valence-corrected chi connectivity index (χ2v) is 9.48. The minimum absolute atomic E-state index is 0.0302. The topological polar surface area (TPSA) is 76.7 Å². The van der Waals surface area contributed by atoms with E-state index in [1.807, 2.05) is 43.3 Å². The number of hydrogen-bond acceptors (Lipinski definition) is 5. The summed E-state index contributed by atoms with van der Waals surface area (Å²) in [6, 6.07) is 21.4. The first-order valence-corrected chi connectivity index (χ1v) is 12.5. The van der Waals surface area contributed by atoms with E-state index in [0.29, 0.717) is 46.7 Å². The molecule has 1 amide bonds. The van der Waals surface area contributed by atoms with Gasteiger partial charge in [-0.25, -0.2) is 4.39 Å². The van der Waals surface area contributed by atoms with Gasteiger partial charge in [0.1, 0.15) is 5.82 Å². The van der Waals surface area contributed by atoms with Crippen LogP contribution in [0.1, 0.15) is 42.7 Å². The molecule has 0 aromatic heterocycles. The van der Waals surface area contributed by atoms with E-state index in [1.165, 1.54) is 19.2 Å². The van der Waals surface area contributed by atoms with Gasteiger partial charge < -0.3 is 20.1 Å². The minimum Gasteiger partial charge on any atom is -0.493 e. The van der Waals surface area contributed by atoms with Crippen molar-refractivity contribution in [3.05, 3.63) is 112 Å². The highest BCUT2D eigenvalue weighted by molar-refractivity contribution is 6.10. The molecule has 5 rings (SSSR count). The van der Waals surface area contributed by atoms with Gasteiger partial charge in [-0.1, -0.05) is 48.5 Å². The molecule has 38 heavy (non-hydrogen) atoms. The summed E-state index contributed by atoms with van der Waals surface area (Å²) in [5.41, 5.74) is 4.19. The molecule has 3 aromatic rings.